The Kier molecular flexibility index (Phi) is 9.02. The third kappa shape index (κ3) is 85.1. The molecule has 1 aliphatic rings. The summed E-state index contributed by atoms with van der Waals surface area (Å²) in [6, 6.07) is 0. The van der Waals surface area contributed by atoms with Crippen molar-refractivity contribution in [2.75, 3.05) is 13.1 Å². The number of phosphoric acid groups is 2. The van der Waals surface area contributed by atoms with E-state index in [0.717, 1.165) is 13.1 Å². The van der Waals surface area contributed by atoms with Gasteiger partial charge in [0.1, 0.15) is 0 Å². The molecule has 0 aromatic heterocycles. The smallest absolute Gasteiger partial charge is 0.375 e. The van der Waals surface area contributed by atoms with Crippen LogP contribution in [0, 0.1) is 0 Å². The summed E-state index contributed by atoms with van der Waals surface area (Å²) in [6.45, 7) is 1.99. The molecular formula is C3H12N2O8P2. The Bertz CT molecular complexity index is 225. The summed E-state index contributed by atoms with van der Waals surface area (Å²) in [5.41, 5.74) is 0. The first-order valence-corrected chi connectivity index (χ1v) is 6.41. The lowest BCUT2D eigenvalue weighted by Gasteiger charge is -1.82. The second-order valence-electron chi connectivity index (χ2n) is 2.02. The van der Waals surface area contributed by atoms with E-state index in [0.29, 0.717) is 0 Å². The van der Waals surface area contributed by atoms with Gasteiger partial charge < -0.3 is 34.7 Å². The Morgan fingerprint density at radius 2 is 1.33 bits per heavy atom. The standard InChI is InChI=1S/C3H6N2.2H3O4P/c1-2-5-3-4-1;2*1-5(2,3)4/h3H,1-2H2,(H,4,5);2*(H3,1,2,3,4). The molecule has 10 nitrogen and oxygen atoms in total. The molecule has 0 bridgehead atoms. The van der Waals surface area contributed by atoms with E-state index in [1.807, 2.05) is 0 Å². The minimum atomic E-state index is -4.64. The van der Waals surface area contributed by atoms with Gasteiger partial charge >= 0.3 is 15.6 Å². The number of rotatable bonds is 0. The average Bonchev–Trinajstić information content (AvgIpc) is 2.28. The van der Waals surface area contributed by atoms with Crippen LogP contribution >= 0.6 is 15.6 Å². The van der Waals surface area contributed by atoms with Crippen LogP contribution in [0.4, 0.5) is 0 Å². The topological polar surface area (TPSA) is 180 Å². The van der Waals surface area contributed by atoms with Gasteiger partial charge in [-0.2, -0.15) is 0 Å². The fourth-order valence-corrected chi connectivity index (χ4v) is 0.323. The zero-order chi connectivity index (χ0) is 12.5. The molecule has 1 rings (SSSR count). The molecule has 0 saturated carbocycles. The number of aliphatic imine (C=N–C) groups is 1. The normalized spacial score (nSPS) is 14.3. The van der Waals surface area contributed by atoms with Crippen molar-refractivity contribution in [1.82, 2.24) is 5.32 Å². The molecule has 0 fully saturated rings. The highest BCUT2D eigenvalue weighted by molar-refractivity contribution is 7.45. The molecule has 92 valence electrons. The fourth-order valence-electron chi connectivity index (χ4n) is 0.323. The van der Waals surface area contributed by atoms with Crippen molar-refractivity contribution in [1.29, 1.82) is 0 Å². The van der Waals surface area contributed by atoms with Crippen molar-refractivity contribution < 1.29 is 38.5 Å². The molecule has 0 atom stereocenters. The van der Waals surface area contributed by atoms with E-state index in [-0.39, 0.29) is 0 Å². The summed E-state index contributed by atoms with van der Waals surface area (Å²) >= 11 is 0. The van der Waals surface area contributed by atoms with Crippen molar-refractivity contribution in [3.63, 3.8) is 0 Å². The molecule has 0 aromatic carbocycles. The minimum Gasteiger partial charge on any atom is -0.375 e. The highest BCUT2D eigenvalue weighted by Crippen LogP contribution is 2.26. The van der Waals surface area contributed by atoms with Gasteiger partial charge in [0.2, 0.25) is 0 Å². The Labute approximate surface area is 84.8 Å². The Hall–Kier alpha value is -0.310. The molecule has 15 heavy (non-hydrogen) atoms. The van der Waals surface area contributed by atoms with Crippen LogP contribution in [0.1, 0.15) is 0 Å². The van der Waals surface area contributed by atoms with Crippen molar-refractivity contribution in [2.45, 2.75) is 0 Å². The number of nitrogens with one attached hydrogen (secondary N) is 1. The predicted octanol–water partition coefficient (Wildman–Crippen LogP) is -2.24. The van der Waals surface area contributed by atoms with Crippen LogP contribution in [-0.4, -0.2) is 48.8 Å². The van der Waals surface area contributed by atoms with Gasteiger partial charge in [0, 0.05) is 6.54 Å². The fraction of sp³-hybridized carbons (Fsp3) is 0.667. The maximum Gasteiger partial charge on any atom is 0.466 e. The molecular weight excluding hydrogens is 254 g/mol. The quantitative estimate of drug-likeness (QED) is 0.238. The van der Waals surface area contributed by atoms with Crippen molar-refractivity contribution in [2.24, 2.45) is 4.99 Å². The van der Waals surface area contributed by atoms with Gasteiger partial charge in [-0.1, -0.05) is 0 Å². The minimum absolute atomic E-state index is 0.958. The zero-order valence-corrected chi connectivity index (χ0v) is 9.12. The SMILES string of the molecule is C1=NCCN1.O=P(O)(O)O.O=P(O)(O)O. The first-order valence-electron chi connectivity index (χ1n) is 3.28. The van der Waals surface area contributed by atoms with E-state index in [2.05, 4.69) is 10.3 Å². The number of nitrogens with zero attached hydrogens (tertiary/aromatic N) is 1. The highest BCUT2D eigenvalue weighted by atomic mass is 31.2. The lowest BCUT2D eigenvalue weighted by molar-refractivity contribution is 0.272. The van der Waals surface area contributed by atoms with E-state index in [4.69, 9.17) is 38.5 Å². The molecule has 0 aliphatic carbocycles. The molecule has 7 N–H and O–H groups in total. The maximum atomic E-state index is 8.88. The molecule has 0 aromatic rings. The van der Waals surface area contributed by atoms with Crippen LogP contribution in [0.15, 0.2) is 4.99 Å². The van der Waals surface area contributed by atoms with E-state index in [1.54, 1.807) is 6.34 Å². The number of hydrogen-bond donors (Lipinski definition) is 7. The first kappa shape index (κ1) is 17.1. The van der Waals surface area contributed by atoms with E-state index in [1.165, 1.54) is 0 Å². The van der Waals surface area contributed by atoms with Crippen LogP contribution in [0.2, 0.25) is 0 Å². The molecule has 12 heteroatoms. The second kappa shape index (κ2) is 7.91. The van der Waals surface area contributed by atoms with Gasteiger partial charge in [0.25, 0.3) is 0 Å². The average molecular weight is 266 g/mol. The lowest BCUT2D eigenvalue weighted by atomic mass is 10.7. The summed E-state index contributed by atoms with van der Waals surface area (Å²) in [7, 11) is -9.28. The molecule has 1 heterocycles. The van der Waals surface area contributed by atoms with E-state index in [9.17, 15) is 0 Å². The molecule has 0 radical (unpaired) electrons. The van der Waals surface area contributed by atoms with Crippen LogP contribution in [0.3, 0.4) is 0 Å². The van der Waals surface area contributed by atoms with Gasteiger partial charge in [-0.05, 0) is 0 Å². The molecule has 0 unspecified atom stereocenters. The highest BCUT2D eigenvalue weighted by Gasteiger charge is 2.00. The van der Waals surface area contributed by atoms with Gasteiger partial charge in [-0.15, -0.1) is 0 Å². The third-order valence-electron chi connectivity index (χ3n) is 0.568. The summed E-state index contributed by atoms with van der Waals surface area (Å²) < 4.78 is 17.8. The van der Waals surface area contributed by atoms with E-state index < -0.39 is 15.6 Å². The summed E-state index contributed by atoms with van der Waals surface area (Å²) in [4.78, 5) is 47.0. The molecule has 0 spiro atoms. The molecule has 1 aliphatic heterocycles. The van der Waals surface area contributed by atoms with Gasteiger partial charge in [-0.25, -0.2) is 9.13 Å². The van der Waals surface area contributed by atoms with Crippen molar-refractivity contribution in [3.8, 4) is 0 Å². The van der Waals surface area contributed by atoms with Crippen molar-refractivity contribution in [3.05, 3.63) is 0 Å². The van der Waals surface area contributed by atoms with Gasteiger partial charge in [0.05, 0.1) is 12.9 Å². The predicted molar refractivity (Wildman–Crippen MR) is 49.9 cm³/mol. The first-order chi connectivity index (χ1) is 6.50. The van der Waals surface area contributed by atoms with Gasteiger partial charge in [0.15, 0.2) is 0 Å². The second-order valence-corrected chi connectivity index (χ2v) is 4.07. The van der Waals surface area contributed by atoms with Crippen molar-refractivity contribution >= 4 is 22.0 Å². The van der Waals surface area contributed by atoms with Crippen LogP contribution in [-0.2, 0) is 9.13 Å². The monoisotopic (exact) mass is 266 g/mol. The Balaban J connectivity index is 0. The summed E-state index contributed by atoms with van der Waals surface area (Å²) in [5, 5.41) is 2.93. The Morgan fingerprint density at radius 1 is 1.00 bits per heavy atom. The summed E-state index contributed by atoms with van der Waals surface area (Å²) in [5.74, 6) is 0. The largest absolute Gasteiger partial charge is 0.466 e. The van der Waals surface area contributed by atoms with Gasteiger partial charge in [-0.3, -0.25) is 4.99 Å². The van der Waals surface area contributed by atoms with Crippen LogP contribution < -0.4 is 5.32 Å². The third-order valence-corrected chi connectivity index (χ3v) is 0.568. The molecule has 0 amide bonds. The lowest BCUT2D eigenvalue weighted by Crippen LogP contribution is -2.04. The maximum absolute atomic E-state index is 8.88. The molecule has 0 saturated heterocycles. The van der Waals surface area contributed by atoms with Crippen LogP contribution in [0.25, 0.3) is 0 Å². The summed E-state index contributed by atoms with van der Waals surface area (Å²) in [6.07, 6.45) is 1.74. The van der Waals surface area contributed by atoms with Crippen LogP contribution in [0.5, 0.6) is 0 Å². The zero-order valence-electron chi connectivity index (χ0n) is 7.33. The number of hydrogen-bond acceptors (Lipinski definition) is 4. The van der Waals surface area contributed by atoms with E-state index >= 15 is 0 Å². The Morgan fingerprint density at radius 3 is 1.40 bits per heavy atom.